The van der Waals surface area contributed by atoms with Gasteiger partial charge < -0.3 is 9.64 Å². The predicted octanol–water partition coefficient (Wildman–Crippen LogP) is 2.24. The Morgan fingerprint density at radius 2 is 2.16 bits per heavy atom. The molecule has 1 heterocycles. The summed E-state index contributed by atoms with van der Waals surface area (Å²) in [6.45, 7) is 5.67. The minimum atomic E-state index is -0.147. The Balaban J connectivity index is 2.75. The molecular formula is C14H19N3O2. The third kappa shape index (κ3) is 4.25. The molecule has 0 spiro atoms. The highest BCUT2D eigenvalue weighted by atomic mass is 16.5. The van der Waals surface area contributed by atoms with Crippen LogP contribution in [0.25, 0.3) is 0 Å². The van der Waals surface area contributed by atoms with Crippen LogP contribution in [0.3, 0.4) is 0 Å². The van der Waals surface area contributed by atoms with E-state index in [0.717, 1.165) is 0 Å². The molecule has 0 saturated heterocycles. The number of carbonyl (C=O) groups is 1. The second kappa shape index (κ2) is 6.74. The predicted molar refractivity (Wildman–Crippen MR) is 71.8 cm³/mol. The number of nitrogens with zero attached hydrogens (tertiary/aromatic N) is 3. The first kappa shape index (κ1) is 15.0. The van der Waals surface area contributed by atoms with E-state index in [0.29, 0.717) is 17.9 Å². The lowest BCUT2D eigenvalue weighted by Gasteiger charge is -2.22. The third-order valence-corrected chi connectivity index (χ3v) is 2.71. The average Bonchev–Trinajstić information content (AvgIpc) is 2.37. The van der Waals surface area contributed by atoms with E-state index >= 15 is 0 Å². The molecule has 0 aliphatic heterocycles. The Hall–Kier alpha value is -2.09. The van der Waals surface area contributed by atoms with Crippen LogP contribution in [-0.2, 0) is 0 Å². The molecule has 0 saturated carbocycles. The molecule has 0 bridgehead atoms. The van der Waals surface area contributed by atoms with Crippen LogP contribution in [0, 0.1) is 11.3 Å². The molecule has 5 heteroatoms. The van der Waals surface area contributed by atoms with Crippen LogP contribution in [0.4, 0.5) is 0 Å². The van der Waals surface area contributed by atoms with E-state index in [4.69, 9.17) is 10.00 Å². The Morgan fingerprint density at radius 1 is 1.47 bits per heavy atom. The van der Waals surface area contributed by atoms with Gasteiger partial charge in [-0.05, 0) is 26.8 Å². The maximum Gasteiger partial charge on any atom is 0.255 e. The third-order valence-electron chi connectivity index (χ3n) is 2.71. The van der Waals surface area contributed by atoms with Gasteiger partial charge in [-0.15, -0.1) is 0 Å². The topological polar surface area (TPSA) is 66.2 Å². The normalized spacial score (nSPS) is 11.8. The summed E-state index contributed by atoms with van der Waals surface area (Å²) in [5.41, 5.74) is 0.489. The van der Waals surface area contributed by atoms with Gasteiger partial charge in [-0.1, -0.05) is 0 Å². The molecule has 0 fully saturated rings. The smallest absolute Gasteiger partial charge is 0.255 e. The van der Waals surface area contributed by atoms with Gasteiger partial charge in [0.15, 0.2) is 0 Å². The highest BCUT2D eigenvalue weighted by Crippen LogP contribution is 2.12. The van der Waals surface area contributed by atoms with Gasteiger partial charge in [0.2, 0.25) is 5.88 Å². The van der Waals surface area contributed by atoms with Crippen molar-refractivity contribution >= 4 is 5.91 Å². The highest BCUT2D eigenvalue weighted by Gasteiger charge is 2.17. The molecule has 0 aromatic carbocycles. The average molecular weight is 261 g/mol. The van der Waals surface area contributed by atoms with E-state index in [1.54, 1.807) is 24.1 Å². The molecule has 1 aromatic heterocycles. The first-order valence-corrected chi connectivity index (χ1v) is 6.22. The van der Waals surface area contributed by atoms with Crippen molar-refractivity contribution in [3.63, 3.8) is 0 Å². The van der Waals surface area contributed by atoms with E-state index in [1.807, 2.05) is 20.8 Å². The van der Waals surface area contributed by atoms with Gasteiger partial charge in [0.25, 0.3) is 5.91 Å². The van der Waals surface area contributed by atoms with Gasteiger partial charge >= 0.3 is 0 Å². The fourth-order valence-corrected chi connectivity index (χ4v) is 1.49. The number of ether oxygens (including phenoxy) is 1. The molecule has 1 atom stereocenters. The second-order valence-corrected chi connectivity index (χ2v) is 4.68. The number of aromatic nitrogens is 1. The molecular weight excluding hydrogens is 242 g/mol. The van der Waals surface area contributed by atoms with Gasteiger partial charge in [-0.3, -0.25) is 4.79 Å². The summed E-state index contributed by atoms with van der Waals surface area (Å²) in [4.78, 5) is 17.8. The van der Waals surface area contributed by atoms with Crippen molar-refractivity contribution in [3.05, 3.63) is 23.9 Å². The van der Waals surface area contributed by atoms with Crippen molar-refractivity contribution < 1.29 is 9.53 Å². The molecule has 102 valence electrons. The molecule has 19 heavy (non-hydrogen) atoms. The molecule has 1 amide bonds. The summed E-state index contributed by atoms with van der Waals surface area (Å²) in [5.74, 6) is 0.352. The van der Waals surface area contributed by atoms with Crippen molar-refractivity contribution in [1.82, 2.24) is 9.88 Å². The van der Waals surface area contributed by atoms with Gasteiger partial charge in [0.05, 0.1) is 24.2 Å². The van der Waals surface area contributed by atoms with Gasteiger partial charge in [-0.2, -0.15) is 5.26 Å². The zero-order chi connectivity index (χ0) is 14.4. The summed E-state index contributed by atoms with van der Waals surface area (Å²) in [7, 11) is 1.68. The monoisotopic (exact) mass is 261 g/mol. The van der Waals surface area contributed by atoms with Crippen LogP contribution >= 0.6 is 0 Å². The van der Waals surface area contributed by atoms with Crippen LogP contribution in [0.2, 0.25) is 0 Å². The van der Waals surface area contributed by atoms with Crippen molar-refractivity contribution in [2.24, 2.45) is 0 Å². The highest BCUT2D eigenvalue weighted by molar-refractivity contribution is 5.94. The van der Waals surface area contributed by atoms with Crippen molar-refractivity contribution in [1.29, 1.82) is 5.26 Å². The van der Waals surface area contributed by atoms with Crippen LogP contribution in [0.1, 0.15) is 37.6 Å². The molecule has 0 N–H and O–H groups in total. The fourth-order valence-electron chi connectivity index (χ4n) is 1.49. The Morgan fingerprint density at radius 3 is 2.63 bits per heavy atom. The number of hydrogen-bond donors (Lipinski definition) is 0. The zero-order valence-electron chi connectivity index (χ0n) is 11.8. The minimum Gasteiger partial charge on any atom is -0.475 e. The number of rotatable bonds is 5. The fraction of sp³-hybridized carbons (Fsp3) is 0.500. The van der Waals surface area contributed by atoms with Crippen molar-refractivity contribution in [3.8, 4) is 11.9 Å². The number of hydrogen-bond acceptors (Lipinski definition) is 4. The summed E-state index contributed by atoms with van der Waals surface area (Å²) in [6, 6.07) is 5.29. The summed E-state index contributed by atoms with van der Waals surface area (Å²) < 4.78 is 5.42. The lowest BCUT2D eigenvalue weighted by Crippen LogP contribution is -2.34. The van der Waals surface area contributed by atoms with Gasteiger partial charge in [0.1, 0.15) is 0 Å². The lowest BCUT2D eigenvalue weighted by molar-refractivity contribution is 0.0745. The molecule has 1 rings (SSSR count). The van der Waals surface area contributed by atoms with Crippen molar-refractivity contribution in [2.75, 3.05) is 7.05 Å². The number of carbonyl (C=O) groups excluding carboxylic acids is 1. The molecule has 5 nitrogen and oxygen atoms in total. The van der Waals surface area contributed by atoms with Gasteiger partial charge in [-0.25, -0.2) is 4.98 Å². The molecule has 0 aliphatic rings. The first-order valence-electron chi connectivity index (χ1n) is 6.22. The molecule has 0 aliphatic carbocycles. The minimum absolute atomic E-state index is 0.0485. The Bertz CT molecular complexity index is 463. The summed E-state index contributed by atoms with van der Waals surface area (Å²) in [5, 5.41) is 8.64. The van der Waals surface area contributed by atoms with Crippen LogP contribution < -0.4 is 4.74 Å². The largest absolute Gasteiger partial charge is 0.475 e. The van der Waals surface area contributed by atoms with E-state index in [9.17, 15) is 4.79 Å². The molecule has 1 unspecified atom stereocenters. The summed E-state index contributed by atoms with van der Waals surface area (Å²) >= 11 is 0. The molecule has 1 aromatic rings. The van der Waals surface area contributed by atoms with Crippen molar-refractivity contribution in [2.45, 2.75) is 39.3 Å². The number of nitriles is 1. The maximum absolute atomic E-state index is 12.1. The quantitative estimate of drug-likeness (QED) is 0.815. The van der Waals surface area contributed by atoms with E-state index in [1.165, 1.54) is 6.20 Å². The van der Waals surface area contributed by atoms with Gasteiger partial charge in [0, 0.05) is 25.4 Å². The Kier molecular flexibility index (Phi) is 5.31. The summed E-state index contributed by atoms with van der Waals surface area (Å²) in [6.07, 6.45) is 1.85. The first-order chi connectivity index (χ1) is 8.95. The standard InChI is InChI=1S/C14H19N3O2/c1-10(2)19-13-6-5-12(9-16-13)14(18)17(4)11(3)7-8-15/h5-6,9-11H,7H2,1-4H3. The van der Waals surface area contributed by atoms with Crippen LogP contribution in [-0.4, -0.2) is 35.0 Å². The lowest BCUT2D eigenvalue weighted by atomic mass is 10.2. The SMILES string of the molecule is CC(C)Oc1ccc(C(=O)N(C)C(C)CC#N)cn1. The van der Waals surface area contributed by atoms with Crippen LogP contribution in [0.15, 0.2) is 18.3 Å². The van der Waals surface area contributed by atoms with Crippen LogP contribution in [0.5, 0.6) is 5.88 Å². The van der Waals surface area contributed by atoms with E-state index in [2.05, 4.69) is 11.1 Å². The Labute approximate surface area is 113 Å². The van der Waals surface area contributed by atoms with E-state index in [-0.39, 0.29) is 18.1 Å². The zero-order valence-corrected chi connectivity index (χ0v) is 11.8. The number of pyridine rings is 1. The second-order valence-electron chi connectivity index (χ2n) is 4.68. The number of amides is 1. The molecule has 0 radical (unpaired) electrons. The maximum atomic E-state index is 12.1. The van der Waals surface area contributed by atoms with E-state index < -0.39 is 0 Å².